The number of aliphatic hydroxyl groups excluding tert-OH is 1. The summed E-state index contributed by atoms with van der Waals surface area (Å²) in [5, 5.41) is 15.3. The highest BCUT2D eigenvalue weighted by Crippen LogP contribution is 2.32. The van der Waals surface area contributed by atoms with Gasteiger partial charge < -0.3 is 24.1 Å². The molecule has 1 N–H and O–H groups in total. The van der Waals surface area contributed by atoms with Crippen molar-refractivity contribution >= 4 is 0 Å². The van der Waals surface area contributed by atoms with E-state index < -0.39 is 6.10 Å². The smallest absolute Gasteiger partial charge is 0.227 e. The van der Waals surface area contributed by atoms with Crippen LogP contribution in [0.1, 0.15) is 11.3 Å². The molecule has 0 fully saturated rings. The van der Waals surface area contributed by atoms with Crippen LogP contribution >= 0.6 is 0 Å². The average Bonchev–Trinajstić information content (AvgIpc) is 3.18. The minimum absolute atomic E-state index is 0.229. The molecule has 3 rings (SSSR count). The van der Waals surface area contributed by atoms with E-state index in [4.69, 9.17) is 24.0 Å². The van der Waals surface area contributed by atoms with Gasteiger partial charge in [-0.3, -0.25) is 4.90 Å². The van der Waals surface area contributed by atoms with Gasteiger partial charge in [-0.1, -0.05) is 24.3 Å². The summed E-state index contributed by atoms with van der Waals surface area (Å²) in [5.74, 6) is 2.05. The van der Waals surface area contributed by atoms with E-state index in [1.807, 2.05) is 66.2 Å². The predicted octanol–water partition coefficient (Wildman–Crippen LogP) is 3.99. The molecule has 3 aromatic rings. The first-order valence-electron chi connectivity index (χ1n) is 11.6. The highest BCUT2D eigenvalue weighted by Gasteiger charge is 2.22. The third kappa shape index (κ3) is 7.66. The third-order valence-corrected chi connectivity index (χ3v) is 5.42. The van der Waals surface area contributed by atoms with Crippen LogP contribution in [0.4, 0.5) is 0 Å². The van der Waals surface area contributed by atoms with Crippen LogP contribution in [0.25, 0.3) is 5.69 Å². The first-order chi connectivity index (χ1) is 17.0. The molecule has 2 aromatic carbocycles. The summed E-state index contributed by atoms with van der Waals surface area (Å²) in [6.07, 6.45) is 1.02. The van der Waals surface area contributed by atoms with Crippen molar-refractivity contribution in [2.24, 2.45) is 0 Å². The number of hydrogen-bond acceptors (Lipinski definition) is 7. The molecule has 188 valence electrons. The fourth-order valence-corrected chi connectivity index (χ4v) is 3.64. The largest absolute Gasteiger partial charge is 0.497 e. The van der Waals surface area contributed by atoms with Gasteiger partial charge in [0.05, 0.1) is 50.0 Å². The fraction of sp³-hybridized carbons (Fsp3) is 0.370. The second kappa shape index (κ2) is 13.7. The van der Waals surface area contributed by atoms with Crippen LogP contribution in [0.2, 0.25) is 0 Å². The second-order valence-corrected chi connectivity index (χ2v) is 8.10. The van der Waals surface area contributed by atoms with Crippen molar-refractivity contribution in [1.29, 1.82) is 0 Å². The zero-order valence-electron chi connectivity index (χ0n) is 20.7. The molecule has 0 aliphatic heterocycles. The topological polar surface area (TPSA) is 78.2 Å². The maximum atomic E-state index is 10.5. The van der Waals surface area contributed by atoms with E-state index in [1.165, 1.54) is 0 Å². The SMILES string of the molecule is C=CCOC[C@H](O)CN(CCOC)Cc1c(C)nn(-c2ccccc2)c1Oc1ccc(OC)cc1. The Morgan fingerprint density at radius 3 is 2.46 bits per heavy atom. The lowest BCUT2D eigenvalue weighted by Crippen LogP contribution is -2.36. The summed E-state index contributed by atoms with van der Waals surface area (Å²) in [6, 6.07) is 17.3. The first-order valence-corrected chi connectivity index (χ1v) is 11.6. The number of aliphatic hydroxyl groups is 1. The van der Waals surface area contributed by atoms with Crippen molar-refractivity contribution in [3.8, 4) is 23.1 Å². The predicted molar refractivity (Wildman–Crippen MR) is 136 cm³/mol. The molecule has 0 saturated heterocycles. The van der Waals surface area contributed by atoms with Crippen LogP contribution in [-0.4, -0.2) is 73.0 Å². The fourth-order valence-electron chi connectivity index (χ4n) is 3.64. The lowest BCUT2D eigenvalue weighted by atomic mass is 10.2. The number of nitrogens with zero attached hydrogens (tertiary/aromatic N) is 3. The lowest BCUT2D eigenvalue weighted by molar-refractivity contribution is 0.0192. The standard InChI is InChI=1S/C27H35N3O5/c1-5-16-34-20-23(31)18-29(15-17-32-3)19-26-21(2)28-30(22-9-7-6-8-10-22)27(26)35-25-13-11-24(33-4)12-14-25/h5-14,23,31H,1,15-20H2,2-4H3/t23-/m1/s1. The summed E-state index contributed by atoms with van der Waals surface area (Å²) in [4.78, 5) is 2.12. The van der Waals surface area contributed by atoms with E-state index in [2.05, 4.69) is 11.5 Å². The van der Waals surface area contributed by atoms with Gasteiger partial charge in [-0.2, -0.15) is 5.10 Å². The Labute approximate surface area is 207 Å². The van der Waals surface area contributed by atoms with Crippen molar-refractivity contribution in [1.82, 2.24) is 14.7 Å². The van der Waals surface area contributed by atoms with E-state index in [0.717, 1.165) is 22.7 Å². The molecule has 0 radical (unpaired) electrons. The molecule has 0 bridgehead atoms. The molecule has 8 nitrogen and oxygen atoms in total. The Balaban J connectivity index is 1.91. The van der Waals surface area contributed by atoms with Crippen molar-refractivity contribution in [3.63, 3.8) is 0 Å². The molecule has 1 heterocycles. The molecule has 0 saturated carbocycles. The highest BCUT2D eigenvalue weighted by atomic mass is 16.5. The molecule has 0 aliphatic carbocycles. The molecule has 0 aliphatic rings. The molecule has 0 amide bonds. The highest BCUT2D eigenvalue weighted by molar-refractivity contribution is 5.44. The molecular weight excluding hydrogens is 446 g/mol. The molecule has 0 spiro atoms. The van der Waals surface area contributed by atoms with Gasteiger partial charge in [0.25, 0.3) is 0 Å². The van der Waals surface area contributed by atoms with Gasteiger partial charge in [0.1, 0.15) is 11.5 Å². The summed E-state index contributed by atoms with van der Waals surface area (Å²) < 4.78 is 24.2. The molecule has 35 heavy (non-hydrogen) atoms. The number of aromatic nitrogens is 2. The monoisotopic (exact) mass is 481 g/mol. The molecule has 1 aromatic heterocycles. The summed E-state index contributed by atoms with van der Waals surface area (Å²) in [6.45, 7) is 8.33. The molecule has 1 atom stereocenters. The van der Waals surface area contributed by atoms with Crippen LogP contribution in [-0.2, 0) is 16.0 Å². The lowest BCUT2D eigenvalue weighted by Gasteiger charge is -2.25. The van der Waals surface area contributed by atoms with E-state index in [9.17, 15) is 5.11 Å². The van der Waals surface area contributed by atoms with Crippen molar-refractivity contribution in [3.05, 3.63) is 78.5 Å². The maximum Gasteiger partial charge on any atom is 0.227 e. The number of rotatable bonds is 15. The normalized spacial score (nSPS) is 12.0. The summed E-state index contributed by atoms with van der Waals surface area (Å²) in [5.41, 5.74) is 2.67. The van der Waals surface area contributed by atoms with Crippen LogP contribution in [0.5, 0.6) is 17.4 Å². The van der Waals surface area contributed by atoms with Gasteiger partial charge in [0.2, 0.25) is 5.88 Å². The minimum Gasteiger partial charge on any atom is -0.497 e. The van der Waals surface area contributed by atoms with Crippen molar-refractivity contribution < 1.29 is 24.1 Å². The van der Waals surface area contributed by atoms with Crippen LogP contribution in [0, 0.1) is 6.92 Å². The van der Waals surface area contributed by atoms with E-state index in [-0.39, 0.29) is 6.61 Å². The molecular formula is C27H35N3O5. The van der Waals surface area contributed by atoms with Crippen LogP contribution in [0.15, 0.2) is 67.3 Å². The average molecular weight is 482 g/mol. The van der Waals surface area contributed by atoms with Gasteiger partial charge in [0, 0.05) is 26.7 Å². The third-order valence-electron chi connectivity index (χ3n) is 5.42. The number of para-hydroxylation sites is 1. The van der Waals surface area contributed by atoms with Gasteiger partial charge in [-0.25, -0.2) is 4.68 Å². The Morgan fingerprint density at radius 2 is 1.80 bits per heavy atom. The van der Waals surface area contributed by atoms with Gasteiger partial charge >= 0.3 is 0 Å². The van der Waals surface area contributed by atoms with Crippen molar-refractivity contribution in [2.75, 3.05) is 47.1 Å². The van der Waals surface area contributed by atoms with E-state index >= 15 is 0 Å². The number of aryl methyl sites for hydroxylation is 1. The van der Waals surface area contributed by atoms with Gasteiger partial charge in [-0.05, 0) is 43.3 Å². The first kappa shape index (κ1) is 26.4. The quantitative estimate of drug-likeness (QED) is 0.260. The van der Waals surface area contributed by atoms with E-state index in [0.29, 0.717) is 44.5 Å². The number of ether oxygens (including phenoxy) is 4. The van der Waals surface area contributed by atoms with Crippen LogP contribution in [0.3, 0.4) is 0 Å². The molecule has 8 heteroatoms. The molecule has 0 unspecified atom stereocenters. The summed E-state index contributed by atoms with van der Waals surface area (Å²) >= 11 is 0. The second-order valence-electron chi connectivity index (χ2n) is 8.10. The van der Waals surface area contributed by atoms with Gasteiger partial charge in [-0.15, -0.1) is 6.58 Å². The number of benzene rings is 2. The Bertz CT molecular complexity index is 1040. The zero-order chi connectivity index (χ0) is 25.0. The van der Waals surface area contributed by atoms with E-state index in [1.54, 1.807) is 20.3 Å². The Hall–Kier alpha value is -3.17. The minimum atomic E-state index is -0.651. The number of hydrogen-bond donors (Lipinski definition) is 1. The van der Waals surface area contributed by atoms with Crippen molar-refractivity contribution in [2.45, 2.75) is 19.6 Å². The maximum absolute atomic E-state index is 10.5. The van der Waals surface area contributed by atoms with Gasteiger partial charge in [0.15, 0.2) is 0 Å². The Morgan fingerprint density at radius 1 is 1.09 bits per heavy atom. The summed E-state index contributed by atoms with van der Waals surface area (Å²) in [7, 11) is 3.30. The number of methoxy groups -OCH3 is 2. The Kier molecular flexibility index (Phi) is 10.3. The van der Waals surface area contributed by atoms with Crippen LogP contribution < -0.4 is 9.47 Å². The zero-order valence-corrected chi connectivity index (χ0v) is 20.7.